The van der Waals surface area contributed by atoms with Crippen molar-refractivity contribution < 1.29 is 9.50 Å². The number of aryl methyl sites for hydroxylation is 1. The van der Waals surface area contributed by atoms with Crippen molar-refractivity contribution in [1.82, 2.24) is 14.7 Å². The SMILES string of the molecule is CN1CCC(O)(C(CN2CCN(CCCCc3cccc4ccccc34)CC2)c2ccc(F)cc2)CC1. The first-order valence-corrected chi connectivity index (χ1v) is 14.1. The van der Waals surface area contributed by atoms with E-state index >= 15 is 0 Å². The lowest BCUT2D eigenvalue weighted by atomic mass is 9.75. The van der Waals surface area contributed by atoms with Gasteiger partial charge >= 0.3 is 0 Å². The third-order valence-corrected chi connectivity index (χ3v) is 8.73. The van der Waals surface area contributed by atoms with Crippen LogP contribution in [-0.2, 0) is 6.42 Å². The fourth-order valence-corrected chi connectivity index (χ4v) is 6.25. The smallest absolute Gasteiger partial charge is 0.123 e. The second kappa shape index (κ2) is 12.0. The second-order valence-corrected chi connectivity index (χ2v) is 11.2. The van der Waals surface area contributed by atoms with Crippen LogP contribution in [0.5, 0.6) is 0 Å². The molecule has 0 spiro atoms. The maximum absolute atomic E-state index is 13.6. The van der Waals surface area contributed by atoms with Crippen LogP contribution in [0.4, 0.5) is 4.39 Å². The summed E-state index contributed by atoms with van der Waals surface area (Å²) in [6, 6.07) is 22.2. The van der Waals surface area contributed by atoms with Crippen molar-refractivity contribution in [2.75, 3.05) is 59.4 Å². The fourth-order valence-electron chi connectivity index (χ4n) is 6.25. The van der Waals surface area contributed by atoms with Crippen LogP contribution in [-0.4, -0.2) is 84.8 Å². The summed E-state index contributed by atoms with van der Waals surface area (Å²) >= 11 is 0. The van der Waals surface area contributed by atoms with Crippen LogP contribution >= 0.6 is 0 Å². The van der Waals surface area contributed by atoms with E-state index in [-0.39, 0.29) is 11.7 Å². The van der Waals surface area contributed by atoms with Gasteiger partial charge in [-0.2, -0.15) is 0 Å². The highest BCUT2D eigenvalue weighted by molar-refractivity contribution is 5.85. The number of piperazine rings is 1. The Morgan fingerprint density at radius 1 is 0.811 bits per heavy atom. The quantitative estimate of drug-likeness (QED) is 0.409. The Balaban J connectivity index is 1.12. The summed E-state index contributed by atoms with van der Waals surface area (Å²) in [5.74, 6) is -0.207. The molecule has 0 bridgehead atoms. The normalized spacial score (nSPS) is 20.3. The molecule has 2 fully saturated rings. The van der Waals surface area contributed by atoms with Gasteiger partial charge in [-0.05, 0) is 79.7 Å². The maximum atomic E-state index is 13.6. The molecule has 2 aliphatic rings. The Morgan fingerprint density at radius 3 is 2.24 bits per heavy atom. The van der Waals surface area contributed by atoms with E-state index in [1.165, 1.54) is 41.3 Å². The first kappa shape index (κ1) is 26.3. The fraction of sp³-hybridized carbons (Fsp3) is 0.500. The largest absolute Gasteiger partial charge is 0.389 e. The Bertz CT molecular complexity index is 1130. The van der Waals surface area contributed by atoms with Gasteiger partial charge in [0.25, 0.3) is 0 Å². The number of likely N-dealkylation sites (tertiary alicyclic amines) is 1. The molecule has 0 aliphatic carbocycles. The Morgan fingerprint density at radius 2 is 1.49 bits per heavy atom. The van der Waals surface area contributed by atoms with Crippen molar-refractivity contribution in [3.8, 4) is 0 Å². The minimum absolute atomic E-state index is 0.00838. The first-order chi connectivity index (χ1) is 18.0. The molecule has 0 radical (unpaired) electrons. The van der Waals surface area contributed by atoms with Gasteiger partial charge in [-0.3, -0.25) is 0 Å². The van der Waals surface area contributed by atoms with Crippen LogP contribution in [0.25, 0.3) is 10.8 Å². The van der Waals surface area contributed by atoms with Crippen LogP contribution in [0.1, 0.15) is 42.7 Å². The van der Waals surface area contributed by atoms with Gasteiger partial charge in [0.2, 0.25) is 0 Å². The van der Waals surface area contributed by atoms with Crippen molar-refractivity contribution in [2.24, 2.45) is 0 Å². The number of unbranched alkanes of at least 4 members (excludes halogenated alkanes) is 1. The zero-order chi connectivity index (χ0) is 25.7. The number of hydrogen-bond donors (Lipinski definition) is 1. The Labute approximate surface area is 221 Å². The number of aliphatic hydroxyl groups is 1. The van der Waals surface area contributed by atoms with Crippen LogP contribution < -0.4 is 0 Å². The minimum atomic E-state index is -0.733. The topological polar surface area (TPSA) is 30.0 Å². The Kier molecular flexibility index (Phi) is 8.56. The van der Waals surface area contributed by atoms with Gasteiger partial charge in [-0.25, -0.2) is 4.39 Å². The molecule has 0 saturated carbocycles. The maximum Gasteiger partial charge on any atom is 0.123 e. The monoisotopic (exact) mass is 503 g/mol. The van der Waals surface area contributed by atoms with Crippen LogP contribution in [0.2, 0.25) is 0 Å². The number of halogens is 1. The van der Waals surface area contributed by atoms with Gasteiger partial charge in [-0.15, -0.1) is 0 Å². The Hall–Kier alpha value is -2.31. The van der Waals surface area contributed by atoms with E-state index in [1.807, 2.05) is 12.1 Å². The van der Waals surface area contributed by atoms with Crippen molar-refractivity contribution in [1.29, 1.82) is 0 Å². The van der Waals surface area contributed by atoms with Crippen molar-refractivity contribution in [3.05, 3.63) is 83.7 Å². The molecule has 0 amide bonds. The third kappa shape index (κ3) is 6.58. The summed E-state index contributed by atoms with van der Waals surface area (Å²) < 4.78 is 13.6. The van der Waals surface area contributed by atoms with Gasteiger partial charge in [0.05, 0.1) is 5.60 Å². The number of hydrogen-bond acceptors (Lipinski definition) is 4. The molecule has 3 aromatic carbocycles. The molecule has 2 saturated heterocycles. The van der Waals surface area contributed by atoms with Crippen molar-refractivity contribution in [2.45, 2.75) is 43.6 Å². The summed E-state index contributed by atoms with van der Waals surface area (Å²) in [6.45, 7) is 7.99. The summed E-state index contributed by atoms with van der Waals surface area (Å²) in [6.07, 6.45) is 5.09. The summed E-state index contributed by atoms with van der Waals surface area (Å²) in [5, 5.41) is 14.4. The first-order valence-electron chi connectivity index (χ1n) is 14.1. The summed E-state index contributed by atoms with van der Waals surface area (Å²) in [7, 11) is 2.12. The molecule has 5 rings (SSSR count). The zero-order valence-electron chi connectivity index (χ0n) is 22.3. The molecule has 1 atom stereocenters. The van der Waals surface area contributed by atoms with E-state index in [4.69, 9.17) is 0 Å². The highest BCUT2D eigenvalue weighted by Crippen LogP contribution is 2.37. The van der Waals surface area contributed by atoms with E-state index < -0.39 is 5.60 Å². The highest BCUT2D eigenvalue weighted by Gasteiger charge is 2.41. The van der Waals surface area contributed by atoms with Gasteiger partial charge < -0.3 is 19.8 Å². The number of fused-ring (bicyclic) bond motifs is 1. The molecule has 4 nitrogen and oxygen atoms in total. The number of piperidine rings is 1. The lowest BCUT2D eigenvalue weighted by Crippen LogP contribution is -2.53. The van der Waals surface area contributed by atoms with Gasteiger partial charge in [0, 0.05) is 51.7 Å². The summed E-state index contributed by atoms with van der Waals surface area (Å²) in [5.41, 5.74) is 1.79. The second-order valence-electron chi connectivity index (χ2n) is 11.2. The molecular weight excluding hydrogens is 461 g/mol. The van der Waals surface area contributed by atoms with E-state index in [0.717, 1.165) is 77.2 Å². The summed E-state index contributed by atoms with van der Waals surface area (Å²) in [4.78, 5) is 7.39. The third-order valence-electron chi connectivity index (χ3n) is 8.73. The van der Waals surface area contributed by atoms with Gasteiger partial charge in [0.15, 0.2) is 0 Å². The lowest BCUT2D eigenvalue weighted by molar-refractivity contribution is -0.0486. The van der Waals surface area contributed by atoms with Gasteiger partial charge in [0.1, 0.15) is 5.82 Å². The van der Waals surface area contributed by atoms with E-state index in [2.05, 4.69) is 64.2 Å². The average molecular weight is 504 g/mol. The lowest BCUT2D eigenvalue weighted by Gasteiger charge is -2.45. The molecular formula is C32H42FN3O. The molecule has 1 unspecified atom stereocenters. The van der Waals surface area contributed by atoms with Crippen molar-refractivity contribution >= 4 is 10.8 Å². The predicted octanol–water partition coefficient (Wildman–Crippen LogP) is 5.16. The average Bonchev–Trinajstić information content (AvgIpc) is 2.93. The van der Waals surface area contributed by atoms with Crippen LogP contribution in [0.3, 0.4) is 0 Å². The molecule has 1 N–H and O–H groups in total. The van der Waals surface area contributed by atoms with Gasteiger partial charge in [-0.1, -0.05) is 54.6 Å². The molecule has 37 heavy (non-hydrogen) atoms. The van der Waals surface area contributed by atoms with Crippen molar-refractivity contribution in [3.63, 3.8) is 0 Å². The predicted molar refractivity (Wildman–Crippen MR) is 151 cm³/mol. The number of benzene rings is 3. The molecule has 2 aliphatic heterocycles. The van der Waals surface area contributed by atoms with E-state index in [0.29, 0.717) is 0 Å². The number of nitrogens with zero attached hydrogens (tertiary/aromatic N) is 3. The molecule has 2 heterocycles. The van der Waals surface area contributed by atoms with E-state index in [1.54, 1.807) is 0 Å². The van der Waals surface area contributed by atoms with E-state index in [9.17, 15) is 9.50 Å². The van der Waals surface area contributed by atoms with Crippen LogP contribution in [0.15, 0.2) is 66.7 Å². The van der Waals surface area contributed by atoms with Crippen LogP contribution in [0, 0.1) is 5.82 Å². The molecule has 198 valence electrons. The zero-order valence-corrected chi connectivity index (χ0v) is 22.3. The standard InChI is InChI=1S/C32H42FN3O/c1-34-19-16-32(37,17-20-34)31(28-12-14-29(33)15-13-28)25-36-23-21-35(22-24-36)18-5-4-8-27-10-6-9-26-7-2-3-11-30(26)27/h2-3,6-7,9-15,31,37H,4-5,8,16-25H2,1H3. The highest BCUT2D eigenvalue weighted by atomic mass is 19.1. The number of rotatable bonds is 9. The molecule has 0 aromatic heterocycles. The molecule has 3 aromatic rings. The minimum Gasteiger partial charge on any atom is -0.389 e. The molecule has 5 heteroatoms.